The molecule has 0 aromatic carbocycles. The third kappa shape index (κ3) is 4.64. The zero-order valence-corrected chi connectivity index (χ0v) is 10.6. The zero-order chi connectivity index (χ0) is 11.0. The van der Waals surface area contributed by atoms with Gasteiger partial charge in [-0.05, 0) is 32.1 Å². The fourth-order valence-electron chi connectivity index (χ4n) is 1.76. The molecule has 0 aromatic rings. The first kappa shape index (κ1) is 13.5. The van der Waals surface area contributed by atoms with Crippen LogP contribution in [0.5, 0.6) is 0 Å². The van der Waals surface area contributed by atoms with Gasteiger partial charge in [0, 0.05) is 0 Å². The quantitative estimate of drug-likeness (QED) is 0.515. The summed E-state index contributed by atoms with van der Waals surface area (Å²) >= 11 is 0. The van der Waals surface area contributed by atoms with E-state index in [0.717, 1.165) is 6.42 Å². The minimum atomic E-state index is 0.622. The molecule has 1 unspecified atom stereocenters. The van der Waals surface area contributed by atoms with Gasteiger partial charge in [0.2, 0.25) is 0 Å². The number of hydrogen-bond donors (Lipinski definition) is 0. The Bertz CT molecular complexity index is 196. The summed E-state index contributed by atoms with van der Waals surface area (Å²) in [6.07, 6.45) is 9.50. The van der Waals surface area contributed by atoms with Crippen LogP contribution in [-0.4, -0.2) is 0 Å². The summed E-state index contributed by atoms with van der Waals surface area (Å²) in [6, 6.07) is 0. The van der Waals surface area contributed by atoms with Crippen molar-refractivity contribution in [3.63, 3.8) is 0 Å². The van der Waals surface area contributed by atoms with Gasteiger partial charge < -0.3 is 0 Å². The minimum absolute atomic E-state index is 0.622. The molecule has 0 fully saturated rings. The van der Waals surface area contributed by atoms with Crippen molar-refractivity contribution in [2.24, 2.45) is 5.92 Å². The molecule has 0 heteroatoms. The van der Waals surface area contributed by atoms with Crippen LogP contribution in [0.3, 0.4) is 0 Å². The van der Waals surface area contributed by atoms with Crippen molar-refractivity contribution >= 4 is 0 Å². The molecular weight excluding hydrogens is 168 g/mol. The monoisotopic (exact) mass is 194 g/mol. The van der Waals surface area contributed by atoms with Gasteiger partial charge in [-0.15, -0.1) is 0 Å². The van der Waals surface area contributed by atoms with Crippen LogP contribution in [0.2, 0.25) is 0 Å². The van der Waals surface area contributed by atoms with Crippen molar-refractivity contribution in [2.45, 2.75) is 60.3 Å². The highest BCUT2D eigenvalue weighted by Crippen LogP contribution is 2.22. The Labute approximate surface area is 90.1 Å². The molecule has 0 aliphatic heterocycles. The molecule has 0 rings (SSSR count). The highest BCUT2D eigenvalue weighted by Gasteiger charge is 2.05. The molecule has 0 amide bonds. The largest absolute Gasteiger partial charge is 0.0882 e. The van der Waals surface area contributed by atoms with E-state index in [1.165, 1.54) is 19.3 Å². The molecule has 1 atom stereocenters. The van der Waals surface area contributed by atoms with Crippen LogP contribution in [0.1, 0.15) is 60.3 Å². The maximum absolute atomic E-state index is 2.33. The number of allylic oxidation sites excluding steroid dienone is 4. The van der Waals surface area contributed by atoms with Gasteiger partial charge in [-0.1, -0.05) is 57.4 Å². The average molecular weight is 194 g/mol. The van der Waals surface area contributed by atoms with Crippen LogP contribution in [0, 0.1) is 5.92 Å². The Hall–Kier alpha value is -0.520. The van der Waals surface area contributed by atoms with Gasteiger partial charge in [0.05, 0.1) is 0 Å². The van der Waals surface area contributed by atoms with Gasteiger partial charge >= 0.3 is 0 Å². The highest BCUT2D eigenvalue weighted by atomic mass is 14.1. The molecule has 0 N–H and O–H groups in total. The lowest BCUT2D eigenvalue weighted by Crippen LogP contribution is -1.97. The summed E-state index contributed by atoms with van der Waals surface area (Å²) in [6.45, 7) is 11.3. The summed E-state index contributed by atoms with van der Waals surface area (Å²) < 4.78 is 0. The second-order valence-electron chi connectivity index (χ2n) is 4.02. The van der Waals surface area contributed by atoms with E-state index in [1.807, 2.05) is 0 Å². The molecule has 0 aliphatic carbocycles. The first-order valence-corrected chi connectivity index (χ1v) is 6.02. The minimum Gasteiger partial charge on any atom is -0.0882 e. The van der Waals surface area contributed by atoms with Crippen molar-refractivity contribution in [3.8, 4) is 0 Å². The molecular formula is C14H26. The van der Waals surface area contributed by atoms with E-state index in [4.69, 9.17) is 0 Å². The maximum Gasteiger partial charge on any atom is -0.00518 e. The second kappa shape index (κ2) is 7.84. The van der Waals surface area contributed by atoms with Gasteiger partial charge in [0.25, 0.3) is 0 Å². The summed E-state index contributed by atoms with van der Waals surface area (Å²) in [4.78, 5) is 0. The lowest BCUT2D eigenvalue weighted by Gasteiger charge is -2.13. The van der Waals surface area contributed by atoms with Crippen LogP contribution in [0.15, 0.2) is 23.3 Å². The van der Waals surface area contributed by atoms with Gasteiger partial charge in [-0.25, -0.2) is 0 Å². The lowest BCUT2D eigenvalue weighted by atomic mass is 9.93. The van der Waals surface area contributed by atoms with Gasteiger partial charge in [-0.2, -0.15) is 0 Å². The van der Waals surface area contributed by atoms with E-state index in [9.17, 15) is 0 Å². The summed E-state index contributed by atoms with van der Waals surface area (Å²) in [7, 11) is 0. The van der Waals surface area contributed by atoms with Gasteiger partial charge in [-0.3, -0.25) is 0 Å². The number of hydrogen-bond acceptors (Lipinski definition) is 0. The lowest BCUT2D eigenvalue weighted by molar-refractivity contribution is 0.772. The molecule has 0 heterocycles. The molecule has 0 radical (unpaired) electrons. The van der Waals surface area contributed by atoms with Crippen molar-refractivity contribution in [2.75, 3.05) is 0 Å². The van der Waals surface area contributed by atoms with Gasteiger partial charge in [0.15, 0.2) is 0 Å². The van der Waals surface area contributed by atoms with Crippen LogP contribution >= 0.6 is 0 Å². The Morgan fingerprint density at radius 3 is 2.29 bits per heavy atom. The molecule has 0 nitrogen and oxygen atoms in total. The van der Waals surface area contributed by atoms with Crippen molar-refractivity contribution in [1.82, 2.24) is 0 Å². The highest BCUT2D eigenvalue weighted by molar-refractivity contribution is 5.18. The third-order valence-corrected chi connectivity index (χ3v) is 2.88. The molecule has 0 aromatic heterocycles. The molecule has 0 saturated carbocycles. The topological polar surface area (TPSA) is 0 Å². The normalized spacial score (nSPS) is 15.8. The fourth-order valence-corrected chi connectivity index (χ4v) is 1.76. The SMILES string of the molecule is CCC=CC(C)C(C)=C(CC)CCC. The molecule has 14 heavy (non-hydrogen) atoms. The first-order chi connectivity index (χ1) is 6.67. The average Bonchev–Trinajstić information content (AvgIpc) is 2.21. The molecule has 0 spiro atoms. The van der Waals surface area contributed by atoms with E-state index in [2.05, 4.69) is 46.8 Å². The number of rotatable bonds is 6. The van der Waals surface area contributed by atoms with E-state index in [0.29, 0.717) is 5.92 Å². The zero-order valence-electron chi connectivity index (χ0n) is 10.6. The van der Waals surface area contributed by atoms with Crippen LogP contribution in [-0.2, 0) is 0 Å². The van der Waals surface area contributed by atoms with E-state index in [1.54, 1.807) is 11.1 Å². The van der Waals surface area contributed by atoms with Crippen LogP contribution in [0.4, 0.5) is 0 Å². The van der Waals surface area contributed by atoms with Crippen molar-refractivity contribution in [3.05, 3.63) is 23.3 Å². The molecule has 82 valence electrons. The predicted octanol–water partition coefficient (Wildman–Crippen LogP) is 5.12. The van der Waals surface area contributed by atoms with Gasteiger partial charge in [0.1, 0.15) is 0 Å². The Morgan fingerprint density at radius 1 is 1.21 bits per heavy atom. The van der Waals surface area contributed by atoms with Crippen molar-refractivity contribution < 1.29 is 0 Å². The standard InChI is InChI=1S/C14H26/c1-6-9-11-12(4)13(5)14(8-3)10-7-2/h9,11-12H,6-8,10H2,1-5H3. The summed E-state index contributed by atoms with van der Waals surface area (Å²) in [5.74, 6) is 0.622. The van der Waals surface area contributed by atoms with Crippen LogP contribution < -0.4 is 0 Å². The van der Waals surface area contributed by atoms with E-state index >= 15 is 0 Å². The summed E-state index contributed by atoms with van der Waals surface area (Å²) in [5.41, 5.74) is 3.24. The smallest absolute Gasteiger partial charge is 0.00518 e. The first-order valence-electron chi connectivity index (χ1n) is 6.02. The molecule has 0 saturated heterocycles. The van der Waals surface area contributed by atoms with E-state index in [-0.39, 0.29) is 0 Å². The van der Waals surface area contributed by atoms with Crippen LogP contribution in [0.25, 0.3) is 0 Å². The molecule has 0 aliphatic rings. The third-order valence-electron chi connectivity index (χ3n) is 2.88. The fraction of sp³-hybridized carbons (Fsp3) is 0.714. The van der Waals surface area contributed by atoms with Crippen molar-refractivity contribution in [1.29, 1.82) is 0 Å². The molecule has 0 bridgehead atoms. The van der Waals surface area contributed by atoms with E-state index < -0.39 is 0 Å². The second-order valence-corrected chi connectivity index (χ2v) is 4.02. The maximum atomic E-state index is 2.33. The Balaban J connectivity index is 4.49. The summed E-state index contributed by atoms with van der Waals surface area (Å²) in [5, 5.41) is 0. The Kier molecular flexibility index (Phi) is 7.55. The predicted molar refractivity (Wildman–Crippen MR) is 66.5 cm³/mol. The Morgan fingerprint density at radius 2 is 1.86 bits per heavy atom.